The molecule has 0 aliphatic carbocycles. The second-order valence-electron chi connectivity index (χ2n) is 5.86. The first kappa shape index (κ1) is 16.3. The Morgan fingerprint density at radius 1 is 1.43 bits per heavy atom. The standard InChI is InChI=1S/C17H24ClNO2/c1-2-3-7-16(14-5-4-6-15(18)12-14)19-10-8-13(9-11-19)17(20)21/h4-6,12-13,16H,2-3,7-11H2,1H3,(H,20,21). The first-order valence-corrected chi connectivity index (χ1v) is 8.22. The van der Waals surface area contributed by atoms with Gasteiger partial charge in [-0.25, -0.2) is 0 Å². The molecule has 4 heteroatoms. The molecule has 1 unspecified atom stereocenters. The summed E-state index contributed by atoms with van der Waals surface area (Å²) in [6, 6.07) is 8.44. The number of hydrogen-bond acceptors (Lipinski definition) is 2. The highest BCUT2D eigenvalue weighted by atomic mass is 35.5. The van der Waals surface area contributed by atoms with Crippen LogP contribution < -0.4 is 0 Å². The molecule has 1 N–H and O–H groups in total. The highest BCUT2D eigenvalue weighted by molar-refractivity contribution is 6.30. The first-order valence-electron chi connectivity index (χ1n) is 7.84. The number of halogens is 1. The lowest BCUT2D eigenvalue weighted by Gasteiger charge is -2.37. The number of nitrogens with zero attached hydrogens (tertiary/aromatic N) is 1. The highest BCUT2D eigenvalue weighted by Gasteiger charge is 2.28. The lowest BCUT2D eigenvalue weighted by Crippen LogP contribution is -2.38. The van der Waals surface area contributed by atoms with Crippen molar-refractivity contribution in [2.24, 2.45) is 5.92 Å². The average molecular weight is 310 g/mol. The molecule has 1 saturated heterocycles. The number of aliphatic carboxylic acids is 1. The summed E-state index contributed by atoms with van der Waals surface area (Å²) < 4.78 is 0. The minimum atomic E-state index is -0.650. The largest absolute Gasteiger partial charge is 0.481 e. The molecule has 0 spiro atoms. The van der Waals surface area contributed by atoms with Gasteiger partial charge in [0.05, 0.1) is 5.92 Å². The molecule has 116 valence electrons. The fourth-order valence-electron chi connectivity index (χ4n) is 3.13. The Balaban J connectivity index is 2.08. The zero-order valence-electron chi connectivity index (χ0n) is 12.6. The molecule has 2 rings (SSSR count). The molecule has 1 aliphatic heterocycles. The van der Waals surface area contributed by atoms with Gasteiger partial charge in [-0.05, 0) is 50.0 Å². The number of benzene rings is 1. The van der Waals surface area contributed by atoms with E-state index >= 15 is 0 Å². The Bertz CT molecular complexity index is 470. The molecule has 0 bridgehead atoms. The zero-order valence-corrected chi connectivity index (χ0v) is 13.4. The Kier molecular flexibility index (Phi) is 6.07. The van der Waals surface area contributed by atoms with E-state index in [1.54, 1.807) is 0 Å². The van der Waals surface area contributed by atoms with Gasteiger partial charge in [0.15, 0.2) is 0 Å². The van der Waals surface area contributed by atoms with Crippen molar-refractivity contribution in [3.05, 3.63) is 34.9 Å². The number of carboxylic acids is 1. The Morgan fingerprint density at radius 2 is 2.14 bits per heavy atom. The molecule has 0 amide bonds. The second-order valence-corrected chi connectivity index (χ2v) is 6.30. The fourth-order valence-corrected chi connectivity index (χ4v) is 3.33. The molecule has 1 heterocycles. The SMILES string of the molecule is CCCCC(c1cccc(Cl)c1)N1CCC(C(=O)O)CC1. The lowest BCUT2D eigenvalue weighted by molar-refractivity contribution is -0.143. The topological polar surface area (TPSA) is 40.5 Å². The van der Waals surface area contributed by atoms with Crippen LogP contribution >= 0.6 is 11.6 Å². The summed E-state index contributed by atoms with van der Waals surface area (Å²) in [4.78, 5) is 13.5. The number of likely N-dealkylation sites (tertiary alicyclic amines) is 1. The summed E-state index contributed by atoms with van der Waals surface area (Å²) in [6.07, 6.45) is 4.95. The van der Waals surface area contributed by atoms with Crippen LogP contribution in [-0.2, 0) is 4.79 Å². The fraction of sp³-hybridized carbons (Fsp3) is 0.588. The van der Waals surface area contributed by atoms with Crippen LogP contribution in [0.3, 0.4) is 0 Å². The number of hydrogen-bond donors (Lipinski definition) is 1. The van der Waals surface area contributed by atoms with Gasteiger partial charge >= 0.3 is 5.97 Å². The third-order valence-corrected chi connectivity index (χ3v) is 4.62. The van der Waals surface area contributed by atoms with Crippen molar-refractivity contribution >= 4 is 17.6 Å². The van der Waals surface area contributed by atoms with Gasteiger partial charge in [0.2, 0.25) is 0 Å². The van der Waals surface area contributed by atoms with Gasteiger partial charge in [0.25, 0.3) is 0 Å². The van der Waals surface area contributed by atoms with E-state index in [9.17, 15) is 4.79 Å². The molecular weight excluding hydrogens is 286 g/mol. The quantitative estimate of drug-likeness (QED) is 0.848. The van der Waals surface area contributed by atoms with E-state index < -0.39 is 5.97 Å². The number of piperidine rings is 1. The van der Waals surface area contributed by atoms with Crippen LogP contribution in [0.5, 0.6) is 0 Å². The summed E-state index contributed by atoms with van der Waals surface area (Å²) >= 11 is 6.13. The molecule has 1 aromatic rings. The summed E-state index contributed by atoms with van der Waals surface area (Å²) in [5.41, 5.74) is 1.25. The first-order chi connectivity index (χ1) is 10.1. The van der Waals surface area contributed by atoms with Crippen LogP contribution in [0.15, 0.2) is 24.3 Å². The van der Waals surface area contributed by atoms with Crippen molar-refractivity contribution < 1.29 is 9.90 Å². The van der Waals surface area contributed by atoms with Crippen LogP contribution in [-0.4, -0.2) is 29.1 Å². The van der Waals surface area contributed by atoms with Gasteiger partial charge < -0.3 is 5.11 Å². The summed E-state index contributed by atoms with van der Waals surface area (Å²) in [5.74, 6) is -0.824. The van der Waals surface area contributed by atoms with Crippen LogP contribution in [0.2, 0.25) is 5.02 Å². The van der Waals surface area contributed by atoms with Crippen molar-refractivity contribution in [1.29, 1.82) is 0 Å². The molecule has 1 atom stereocenters. The van der Waals surface area contributed by atoms with Crippen molar-refractivity contribution in [2.45, 2.75) is 45.1 Å². The molecule has 1 aromatic carbocycles. The van der Waals surface area contributed by atoms with Gasteiger partial charge in [-0.1, -0.05) is 43.5 Å². The van der Waals surface area contributed by atoms with E-state index in [1.165, 1.54) is 18.4 Å². The monoisotopic (exact) mass is 309 g/mol. The average Bonchev–Trinajstić information content (AvgIpc) is 2.48. The molecule has 21 heavy (non-hydrogen) atoms. The van der Waals surface area contributed by atoms with E-state index in [1.807, 2.05) is 18.2 Å². The minimum absolute atomic E-state index is 0.174. The van der Waals surface area contributed by atoms with Crippen molar-refractivity contribution in [1.82, 2.24) is 4.90 Å². The Morgan fingerprint density at radius 3 is 2.71 bits per heavy atom. The molecule has 0 saturated carbocycles. The molecular formula is C17H24ClNO2. The molecule has 0 radical (unpaired) electrons. The summed E-state index contributed by atoms with van der Waals surface area (Å²) in [5, 5.41) is 9.89. The zero-order chi connectivity index (χ0) is 15.2. The smallest absolute Gasteiger partial charge is 0.306 e. The van der Waals surface area contributed by atoms with Gasteiger partial charge in [-0.15, -0.1) is 0 Å². The predicted octanol–water partition coefficient (Wildman–Crippen LogP) is 4.37. The van der Waals surface area contributed by atoms with E-state index in [2.05, 4.69) is 17.9 Å². The Labute approximate surface area is 131 Å². The van der Waals surface area contributed by atoms with Crippen LogP contribution in [0.1, 0.15) is 50.6 Å². The second kappa shape index (κ2) is 7.81. The molecule has 0 aromatic heterocycles. The summed E-state index contributed by atoms with van der Waals surface area (Å²) in [7, 11) is 0. The number of rotatable bonds is 6. The van der Waals surface area contributed by atoms with Gasteiger partial charge in [-0.2, -0.15) is 0 Å². The molecule has 1 fully saturated rings. The van der Waals surface area contributed by atoms with E-state index in [4.69, 9.17) is 16.7 Å². The lowest BCUT2D eigenvalue weighted by atomic mass is 9.92. The summed E-state index contributed by atoms with van der Waals surface area (Å²) in [6.45, 7) is 3.92. The number of carbonyl (C=O) groups is 1. The van der Waals surface area contributed by atoms with Crippen molar-refractivity contribution in [3.8, 4) is 0 Å². The normalized spacial score (nSPS) is 18.6. The van der Waals surface area contributed by atoms with Gasteiger partial charge in [0, 0.05) is 11.1 Å². The van der Waals surface area contributed by atoms with Crippen LogP contribution in [0, 0.1) is 5.92 Å². The maximum absolute atomic E-state index is 11.1. The minimum Gasteiger partial charge on any atom is -0.481 e. The third kappa shape index (κ3) is 4.45. The molecule has 3 nitrogen and oxygen atoms in total. The predicted molar refractivity (Wildman–Crippen MR) is 85.7 cm³/mol. The van der Waals surface area contributed by atoms with Crippen molar-refractivity contribution in [2.75, 3.05) is 13.1 Å². The molecule has 1 aliphatic rings. The maximum Gasteiger partial charge on any atom is 0.306 e. The van der Waals surface area contributed by atoms with E-state index in [0.717, 1.165) is 37.4 Å². The van der Waals surface area contributed by atoms with Crippen LogP contribution in [0.4, 0.5) is 0 Å². The Hall–Kier alpha value is -1.06. The highest BCUT2D eigenvalue weighted by Crippen LogP contribution is 2.31. The van der Waals surface area contributed by atoms with Gasteiger partial charge in [-0.3, -0.25) is 9.69 Å². The van der Waals surface area contributed by atoms with Crippen molar-refractivity contribution in [3.63, 3.8) is 0 Å². The van der Waals surface area contributed by atoms with Crippen LogP contribution in [0.25, 0.3) is 0 Å². The number of unbranched alkanes of at least 4 members (excludes halogenated alkanes) is 1. The maximum atomic E-state index is 11.1. The third-order valence-electron chi connectivity index (χ3n) is 4.38. The van der Waals surface area contributed by atoms with E-state index in [-0.39, 0.29) is 5.92 Å². The van der Waals surface area contributed by atoms with Gasteiger partial charge in [0.1, 0.15) is 0 Å². The number of carboxylic acid groups (broad SMARTS) is 1. The van der Waals surface area contributed by atoms with E-state index in [0.29, 0.717) is 6.04 Å².